The van der Waals surface area contributed by atoms with Crippen LogP contribution in [0.15, 0.2) is 23.4 Å². The number of rotatable bonds is 4. The van der Waals surface area contributed by atoms with E-state index in [-0.39, 0.29) is 17.7 Å². The van der Waals surface area contributed by atoms with Crippen molar-refractivity contribution >= 4 is 33.6 Å². The molecule has 9 nitrogen and oxygen atoms in total. The largest absolute Gasteiger partial charge is 0.444 e. The Hall–Kier alpha value is -2.49. The monoisotopic (exact) mass is 394 g/mol. The molecule has 0 radical (unpaired) electrons. The van der Waals surface area contributed by atoms with Gasteiger partial charge in [0.1, 0.15) is 5.60 Å². The SMILES string of the molecule is CC(C)(C)OC(=O)N1CC[C@H](C[S@](=O)c2nc3ccc([N+](=O)[O-])cc3[nH]2)C1. The molecule has 0 bridgehead atoms. The van der Waals surface area contributed by atoms with Gasteiger partial charge in [-0.15, -0.1) is 0 Å². The number of non-ortho nitro benzene ring substituents is 1. The Labute approximate surface area is 158 Å². The number of carbonyl (C=O) groups excluding carboxylic acids is 1. The van der Waals surface area contributed by atoms with Gasteiger partial charge in [0.25, 0.3) is 5.69 Å². The van der Waals surface area contributed by atoms with E-state index >= 15 is 0 Å². The number of fused-ring (bicyclic) bond motifs is 1. The van der Waals surface area contributed by atoms with Gasteiger partial charge in [-0.3, -0.25) is 14.3 Å². The van der Waals surface area contributed by atoms with Crippen LogP contribution in [0.1, 0.15) is 27.2 Å². The standard InChI is InChI=1S/C17H22N4O5S/c1-17(2,3)26-16(22)20-7-6-11(9-20)10-27(25)15-18-13-5-4-12(21(23)24)8-14(13)19-15/h4-5,8,11H,6-7,9-10H2,1-3H3,(H,18,19)/t11-,27-/m0/s1. The van der Waals surface area contributed by atoms with Crippen LogP contribution < -0.4 is 0 Å². The van der Waals surface area contributed by atoms with Crippen molar-refractivity contribution in [3.05, 3.63) is 28.3 Å². The van der Waals surface area contributed by atoms with Crippen LogP contribution in [0.3, 0.4) is 0 Å². The molecule has 146 valence electrons. The molecule has 1 aliphatic rings. The second-order valence-corrected chi connectivity index (χ2v) is 9.00. The third-order valence-electron chi connectivity index (χ3n) is 4.19. The van der Waals surface area contributed by atoms with E-state index in [0.29, 0.717) is 35.0 Å². The van der Waals surface area contributed by atoms with E-state index in [1.54, 1.807) is 4.90 Å². The van der Waals surface area contributed by atoms with Gasteiger partial charge in [0.15, 0.2) is 5.16 Å². The van der Waals surface area contributed by atoms with Gasteiger partial charge in [0.2, 0.25) is 0 Å². The number of H-pyrrole nitrogens is 1. The predicted octanol–water partition coefficient (Wildman–Crippen LogP) is 2.84. The minimum atomic E-state index is -1.39. The smallest absolute Gasteiger partial charge is 0.410 e. The van der Waals surface area contributed by atoms with E-state index < -0.39 is 21.3 Å². The normalized spacial score (nSPS) is 18.6. The second-order valence-electron chi connectivity index (χ2n) is 7.59. The van der Waals surface area contributed by atoms with Crippen LogP contribution in [0.25, 0.3) is 11.0 Å². The Morgan fingerprint density at radius 2 is 2.22 bits per heavy atom. The van der Waals surface area contributed by atoms with Crippen LogP contribution in [0.4, 0.5) is 10.5 Å². The molecule has 1 N–H and O–H groups in total. The number of nitro groups is 1. The molecule has 1 saturated heterocycles. The van der Waals surface area contributed by atoms with Crippen LogP contribution in [0, 0.1) is 16.0 Å². The summed E-state index contributed by atoms with van der Waals surface area (Å²) in [7, 11) is -1.39. The van der Waals surface area contributed by atoms with Gasteiger partial charge >= 0.3 is 6.09 Å². The number of hydrogen-bond acceptors (Lipinski definition) is 6. The molecular formula is C17H22N4O5S. The van der Waals surface area contributed by atoms with E-state index in [1.807, 2.05) is 20.8 Å². The van der Waals surface area contributed by atoms with E-state index in [0.717, 1.165) is 6.42 Å². The Morgan fingerprint density at radius 1 is 1.48 bits per heavy atom. The molecule has 3 rings (SSSR count). The summed E-state index contributed by atoms with van der Waals surface area (Å²) < 4.78 is 18.0. The number of nitrogens with one attached hydrogen (secondary N) is 1. The van der Waals surface area contributed by atoms with Crippen molar-refractivity contribution in [2.75, 3.05) is 18.8 Å². The zero-order chi connectivity index (χ0) is 19.8. The van der Waals surface area contributed by atoms with Crippen LogP contribution in [0.5, 0.6) is 0 Å². The van der Waals surface area contributed by atoms with E-state index in [9.17, 15) is 19.1 Å². The average Bonchev–Trinajstić information content (AvgIpc) is 3.18. The molecule has 1 fully saturated rings. The van der Waals surface area contributed by atoms with Crippen molar-refractivity contribution in [3.8, 4) is 0 Å². The van der Waals surface area contributed by atoms with Gasteiger partial charge in [0, 0.05) is 31.0 Å². The van der Waals surface area contributed by atoms with Crippen LogP contribution in [0.2, 0.25) is 0 Å². The quantitative estimate of drug-likeness (QED) is 0.629. The first kappa shape index (κ1) is 19.3. The van der Waals surface area contributed by atoms with Gasteiger partial charge in [0.05, 0.1) is 26.8 Å². The predicted molar refractivity (Wildman–Crippen MR) is 99.9 cm³/mol. The molecule has 1 aromatic heterocycles. The summed E-state index contributed by atoms with van der Waals surface area (Å²) in [5, 5.41) is 11.1. The number of ether oxygens (including phenoxy) is 1. The van der Waals surface area contributed by atoms with Crippen LogP contribution in [-0.2, 0) is 15.5 Å². The zero-order valence-electron chi connectivity index (χ0n) is 15.4. The highest BCUT2D eigenvalue weighted by molar-refractivity contribution is 7.84. The second kappa shape index (κ2) is 7.26. The van der Waals surface area contributed by atoms with Crippen LogP contribution >= 0.6 is 0 Å². The summed E-state index contributed by atoms with van der Waals surface area (Å²) in [6, 6.07) is 4.28. The van der Waals surface area contributed by atoms with Gasteiger partial charge in [-0.2, -0.15) is 0 Å². The summed E-state index contributed by atoms with van der Waals surface area (Å²) in [6.45, 7) is 6.52. The minimum Gasteiger partial charge on any atom is -0.444 e. The fraction of sp³-hybridized carbons (Fsp3) is 0.529. The molecule has 0 aliphatic carbocycles. The number of aromatic nitrogens is 2. The molecule has 2 atom stereocenters. The summed E-state index contributed by atoms with van der Waals surface area (Å²) in [5.41, 5.74) is 0.418. The molecule has 1 aromatic carbocycles. The Kier molecular flexibility index (Phi) is 5.18. The molecule has 1 amide bonds. The number of likely N-dealkylation sites (tertiary alicyclic amines) is 1. The first-order chi connectivity index (χ1) is 12.6. The van der Waals surface area contributed by atoms with Crippen molar-refractivity contribution in [3.63, 3.8) is 0 Å². The van der Waals surface area contributed by atoms with Gasteiger partial charge in [-0.1, -0.05) is 0 Å². The minimum absolute atomic E-state index is 0.0488. The molecule has 0 unspecified atom stereocenters. The molecule has 0 spiro atoms. The number of nitro benzene ring substituents is 1. The maximum atomic E-state index is 12.6. The van der Waals surface area contributed by atoms with Crippen LogP contribution in [-0.4, -0.2) is 54.5 Å². The summed E-state index contributed by atoms with van der Waals surface area (Å²) in [5.74, 6) is 0.446. The number of amides is 1. The topological polar surface area (TPSA) is 118 Å². The maximum Gasteiger partial charge on any atom is 0.410 e. The Bertz CT molecular complexity index is 904. The lowest BCUT2D eigenvalue weighted by molar-refractivity contribution is -0.384. The van der Waals surface area contributed by atoms with Crippen molar-refractivity contribution in [2.45, 2.75) is 37.9 Å². The fourth-order valence-electron chi connectivity index (χ4n) is 2.95. The Morgan fingerprint density at radius 3 is 2.89 bits per heavy atom. The summed E-state index contributed by atoms with van der Waals surface area (Å²) in [4.78, 5) is 31.3. The third kappa shape index (κ3) is 4.62. The zero-order valence-corrected chi connectivity index (χ0v) is 16.2. The maximum absolute atomic E-state index is 12.6. The number of imidazole rings is 1. The number of benzene rings is 1. The number of nitrogens with zero attached hydrogens (tertiary/aromatic N) is 3. The summed E-state index contributed by atoms with van der Waals surface area (Å²) >= 11 is 0. The van der Waals surface area contributed by atoms with Gasteiger partial charge in [-0.25, -0.2) is 9.78 Å². The number of hydrogen-bond donors (Lipinski definition) is 1. The highest BCUT2D eigenvalue weighted by atomic mass is 32.2. The van der Waals surface area contributed by atoms with E-state index in [1.165, 1.54) is 18.2 Å². The first-order valence-electron chi connectivity index (χ1n) is 8.63. The van der Waals surface area contributed by atoms with E-state index in [4.69, 9.17) is 4.74 Å². The number of carbonyl (C=O) groups is 1. The summed E-state index contributed by atoms with van der Waals surface area (Å²) in [6.07, 6.45) is 0.392. The van der Waals surface area contributed by atoms with Crippen molar-refractivity contribution in [1.82, 2.24) is 14.9 Å². The molecule has 10 heteroatoms. The lowest BCUT2D eigenvalue weighted by Gasteiger charge is -2.24. The molecule has 2 heterocycles. The fourth-order valence-corrected chi connectivity index (χ4v) is 4.23. The third-order valence-corrected chi connectivity index (χ3v) is 5.59. The molecular weight excluding hydrogens is 372 g/mol. The average molecular weight is 394 g/mol. The van der Waals surface area contributed by atoms with Gasteiger partial charge < -0.3 is 14.6 Å². The lowest BCUT2D eigenvalue weighted by Crippen LogP contribution is -2.35. The highest BCUT2D eigenvalue weighted by Crippen LogP contribution is 2.23. The molecule has 27 heavy (non-hydrogen) atoms. The van der Waals surface area contributed by atoms with Gasteiger partial charge in [-0.05, 0) is 39.2 Å². The highest BCUT2D eigenvalue weighted by Gasteiger charge is 2.31. The van der Waals surface area contributed by atoms with E-state index in [2.05, 4.69) is 9.97 Å². The molecule has 0 saturated carbocycles. The molecule has 1 aliphatic heterocycles. The van der Waals surface area contributed by atoms with Crippen molar-refractivity contribution in [1.29, 1.82) is 0 Å². The first-order valence-corrected chi connectivity index (χ1v) is 9.95. The number of aromatic amines is 1. The lowest BCUT2D eigenvalue weighted by atomic mass is 10.2. The van der Waals surface area contributed by atoms with Crippen molar-refractivity contribution in [2.24, 2.45) is 5.92 Å². The molecule has 2 aromatic rings. The van der Waals surface area contributed by atoms with Crippen molar-refractivity contribution < 1.29 is 18.7 Å². The Balaban J connectivity index is 1.63.